The molecule has 1 aromatic carbocycles. The number of halogens is 1. The lowest BCUT2D eigenvalue weighted by atomic mass is 10.2. The van der Waals surface area contributed by atoms with Gasteiger partial charge in [0.05, 0.1) is 18.5 Å². The van der Waals surface area contributed by atoms with E-state index in [2.05, 4.69) is 26.2 Å². The van der Waals surface area contributed by atoms with Crippen molar-refractivity contribution < 1.29 is 9.53 Å². The highest BCUT2D eigenvalue weighted by Gasteiger charge is 2.15. The van der Waals surface area contributed by atoms with E-state index < -0.39 is 0 Å². The molecule has 0 aliphatic carbocycles. The molecule has 0 spiro atoms. The quantitative estimate of drug-likeness (QED) is 0.818. The van der Waals surface area contributed by atoms with E-state index >= 15 is 0 Å². The van der Waals surface area contributed by atoms with Crippen LogP contribution in [-0.4, -0.2) is 27.9 Å². The topological polar surface area (TPSA) is 57.0 Å². The van der Waals surface area contributed by atoms with Crippen LogP contribution in [0.5, 0.6) is 5.75 Å². The maximum absolute atomic E-state index is 11.4. The normalized spacial score (nSPS) is 10.4. The molecule has 94 valence electrons. The molecule has 0 fully saturated rings. The number of ketones is 1. The van der Waals surface area contributed by atoms with Crippen molar-refractivity contribution in [2.75, 3.05) is 7.11 Å². The van der Waals surface area contributed by atoms with Gasteiger partial charge in [-0.15, -0.1) is 5.10 Å². The first-order valence-electron chi connectivity index (χ1n) is 5.31. The van der Waals surface area contributed by atoms with Crippen LogP contribution in [0.25, 0.3) is 5.69 Å². The van der Waals surface area contributed by atoms with Gasteiger partial charge < -0.3 is 4.74 Å². The van der Waals surface area contributed by atoms with Crippen LogP contribution < -0.4 is 4.74 Å². The molecule has 5 nitrogen and oxygen atoms in total. The number of benzene rings is 1. The van der Waals surface area contributed by atoms with Crippen molar-refractivity contribution in [3.63, 3.8) is 0 Å². The van der Waals surface area contributed by atoms with Gasteiger partial charge in [-0.1, -0.05) is 5.21 Å². The summed E-state index contributed by atoms with van der Waals surface area (Å²) in [5, 5.41) is 7.89. The van der Waals surface area contributed by atoms with Gasteiger partial charge in [0.2, 0.25) is 0 Å². The molecule has 2 aromatic rings. The second-order valence-electron chi connectivity index (χ2n) is 3.81. The zero-order valence-electron chi connectivity index (χ0n) is 10.3. The number of ether oxygens (including phenoxy) is 1. The predicted octanol–water partition coefficient (Wildman–Crippen LogP) is 2.55. The van der Waals surface area contributed by atoms with Crippen molar-refractivity contribution >= 4 is 21.7 Å². The van der Waals surface area contributed by atoms with E-state index in [0.29, 0.717) is 17.1 Å². The Hall–Kier alpha value is -1.69. The number of methoxy groups -OCH3 is 1. The van der Waals surface area contributed by atoms with Gasteiger partial charge in [0.1, 0.15) is 5.75 Å². The van der Waals surface area contributed by atoms with Crippen LogP contribution in [0.2, 0.25) is 0 Å². The summed E-state index contributed by atoms with van der Waals surface area (Å²) in [5.41, 5.74) is 1.87. The molecule has 1 aromatic heterocycles. The number of Topliss-reactive ketones (excluding diaryl/α,β-unsaturated/α-hetero) is 1. The van der Waals surface area contributed by atoms with E-state index in [-0.39, 0.29) is 5.78 Å². The molecule has 18 heavy (non-hydrogen) atoms. The fraction of sp³-hybridized carbons (Fsp3) is 0.250. The monoisotopic (exact) mass is 309 g/mol. The summed E-state index contributed by atoms with van der Waals surface area (Å²) in [7, 11) is 1.60. The van der Waals surface area contributed by atoms with E-state index in [4.69, 9.17) is 4.74 Å². The molecule has 0 N–H and O–H groups in total. The van der Waals surface area contributed by atoms with Gasteiger partial charge in [-0.05, 0) is 35.0 Å². The SMILES string of the molecule is COc1ccc(Br)c(-n2nnc(C(C)=O)c2C)c1. The maximum atomic E-state index is 11.4. The van der Waals surface area contributed by atoms with E-state index in [9.17, 15) is 4.79 Å². The molecule has 1 heterocycles. The Morgan fingerprint density at radius 2 is 2.17 bits per heavy atom. The van der Waals surface area contributed by atoms with Crippen LogP contribution in [0.4, 0.5) is 0 Å². The highest BCUT2D eigenvalue weighted by molar-refractivity contribution is 9.10. The number of carbonyl (C=O) groups excluding carboxylic acids is 1. The van der Waals surface area contributed by atoms with Crippen LogP contribution in [-0.2, 0) is 0 Å². The first-order chi connectivity index (χ1) is 8.54. The van der Waals surface area contributed by atoms with Crippen LogP contribution in [0.15, 0.2) is 22.7 Å². The smallest absolute Gasteiger partial charge is 0.181 e. The molecule has 0 amide bonds. The Kier molecular flexibility index (Phi) is 3.47. The summed E-state index contributed by atoms with van der Waals surface area (Å²) in [5.74, 6) is 0.616. The van der Waals surface area contributed by atoms with Crippen molar-refractivity contribution in [1.82, 2.24) is 15.0 Å². The van der Waals surface area contributed by atoms with Crippen LogP contribution in [0, 0.1) is 6.92 Å². The van der Waals surface area contributed by atoms with E-state index in [1.54, 1.807) is 11.8 Å². The average Bonchev–Trinajstić information content (AvgIpc) is 2.72. The standard InChI is InChI=1S/C12H12BrN3O2/c1-7-12(8(2)17)14-15-16(7)11-6-9(18-3)4-5-10(11)13/h4-6H,1-3H3. The van der Waals surface area contributed by atoms with Crippen molar-refractivity contribution in [3.8, 4) is 11.4 Å². The number of hydrogen-bond donors (Lipinski definition) is 0. The Balaban J connectivity index is 2.58. The molecule has 2 rings (SSSR count). The predicted molar refractivity (Wildman–Crippen MR) is 70.4 cm³/mol. The van der Waals surface area contributed by atoms with Crippen molar-refractivity contribution in [3.05, 3.63) is 34.1 Å². The van der Waals surface area contributed by atoms with Crippen LogP contribution >= 0.6 is 15.9 Å². The molecule has 6 heteroatoms. The number of rotatable bonds is 3. The van der Waals surface area contributed by atoms with Crippen molar-refractivity contribution in [2.45, 2.75) is 13.8 Å². The molecule has 0 aliphatic rings. The third-order valence-electron chi connectivity index (χ3n) is 2.61. The first kappa shape index (κ1) is 12.8. The molecular formula is C12H12BrN3O2. The molecule has 0 bridgehead atoms. The highest BCUT2D eigenvalue weighted by Crippen LogP contribution is 2.26. The Bertz CT molecular complexity index is 607. The van der Waals surface area contributed by atoms with Gasteiger partial charge >= 0.3 is 0 Å². The summed E-state index contributed by atoms with van der Waals surface area (Å²) in [6, 6.07) is 5.53. The maximum Gasteiger partial charge on any atom is 0.181 e. The zero-order valence-corrected chi connectivity index (χ0v) is 11.9. The number of hydrogen-bond acceptors (Lipinski definition) is 4. The number of carbonyl (C=O) groups is 1. The Labute approximate surface area is 113 Å². The summed E-state index contributed by atoms with van der Waals surface area (Å²) in [6.45, 7) is 3.28. The molecule has 0 saturated heterocycles. The summed E-state index contributed by atoms with van der Waals surface area (Å²) in [6.07, 6.45) is 0. The van der Waals surface area contributed by atoms with Crippen LogP contribution in [0.1, 0.15) is 23.1 Å². The van der Waals surface area contributed by atoms with Gasteiger partial charge in [-0.25, -0.2) is 4.68 Å². The largest absolute Gasteiger partial charge is 0.497 e. The van der Waals surface area contributed by atoms with Crippen LogP contribution in [0.3, 0.4) is 0 Å². The highest BCUT2D eigenvalue weighted by atomic mass is 79.9. The lowest BCUT2D eigenvalue weighted by Gasteiger charge is -2.08. The third kappa shape index (κ3) is 2.15. The second kappa shape index (κ2) is 4.89. The fourth-order valence-corrected chi connectivity index (χ4v) is 2.08. The Morgan fingerprint density at radius 1 is 1.44 bits per heavy atom. The van der Waals surface area contributed by atoms with Gasteiger partial charge in [-0.2, -0.15) is 0 Å². The molecule has 0 unspecified atom stereocenters. The zero-order chi connectivity index (χ0) is 13.3. The van der Waals surface area contributed by atoms with Gasteiger partial charge in [-0.3, -0.25) is 4.79 Å². The van der Waals surface area contributed by atoms with E-state index in [0.717, 1.165) is 10.2 Å². The molecular weight excluding hydrogens is 298 g/mol. The van der Waals surface area contributed by atoms with Gasteiger partial charge in [0, 0.05) is 17.5 Å². The molecule has 0 aliphatic heterocycles. The summed E-state index contributed by atoms with van der Waals surface area (Å²) >= 11 is 3.45. The number of nitrogens with zero attached hydrogens (tertiary/aromatic N) is 3. The molecule has 0 atom stereocenters. The van der Waals surface area contributed by atoms with Crippen molar-refractivity contribution in [2.24, 2.45) is 0 Å². The fourth-order valence-electron chi connectivity index (χ4n) is 1.66. The van der Waals surface area contributed by atoms with E-state index in [1.807, 2.05) is 25.1 Å². The first-order valence-corrected chi connectivity index (χ1v) is 6.11. The second-order valence-corrected chi connectivity index (χ2v) is 4.66. The Morgan fingerprint density at radius 3 is 2.72 bits per heavy atom. The number of aromatic nitrogens is 3. The summed E-state index contributed by atoms with van der Waals surface area (Å²) in [4.78, 5) is 11.4. The third-order valence-corrected chi connectivity index (χ3v) is 3.28. The van der Waals surface area contributed by atoms with E-state index in [1.165, 1.54) is 6.92 Å². The lowest BCUT2D eigenvalue weighted by Crippen LogP contribution is -2.02. The van der Waals surface area contributed by atoms with Crippen molar-refractivity contribution in [1.29, 1.82) is 0 Å². The molecule has 0 saturated carbocycles. The lowest BCUT2D eigenvalue weighted by molar-refractivity contribution is 0.101. The average molecular weight is 310 g/mol. The minimum atomic E-state index is -0.0993. The van der Waals surface area contributed by atoms with Gasteiger partial charge in [0.15, 0.2) is 11.5 Å². The van der Waals surface area contributed by atoms with Gasteiger partial charge in [0.25, 0.3) is 0 Å². The minimum absolute atomic E-state index is 0.0993. The molecule has 0 radical (unpaired) electrons. The summed E-state index contributed by atoms with van der Waals surface area (Å²) < 4.78 is 7.64. The minimum Gasteiger partial charge on any atom is -0.497 e.